The molecule has 0 spiro atoms. The molecule has 4 heteroatoms. The van der Waals surface area contributed by atoms with Gasteiger partial charge in [-0.3, -0.25) is 0 Å². The molecule has 1 saturated carbocycles. The number of nitrogens with one attached hydrogen (secondary N) is 1. The van der Waals surface area contributed by atoms with E-state index in [0.29, 0.717) is 17.9 Å². The first kappa shape index (κ1) is 15.5. The summed E-state index contributed by atoms with van der Waals surface area (Å²) in [5, 5.41) is 7.57. The molecule has 114 valence electrons. The number of nitrogens with zero attached hydrogens (tertiary/aromatic N) is 2. The molecule has 2 rings (SSSR count). The van der Waals surface area contributed by atoms with Crippen molar-refractivity contribution < 1.29 is 4.52 Å². The van der Waals surface area contributed by atoms with E-state index in [1.165, 1.54) is 25.7 Å². The summed E-state index contributed by atoms with van der Waals surface area (Å²) in [6.45, 7) is 6.82. The van der Waals surface area contributed by atoms with E-state index in [1.807, 2.05) is 7.05 Å². The molecule has 1 aliphatic carbocycles. The molecular formula is C16H29N3O. The van der Waals surface area contributed by atoms with E-state index in [0.717, 1.165) is 30.5 Å². The van der Waals surface area contributed by atoms with Crippen LogP contribution in [0.3, 0.4) is 0 Å². The van der Waals surface area contributed by atoms with Crippen molar-refractivity contribution in [2.45, 2.75) is 71.3 Å². The Kier molecular flexibility index (Phi) is 5.58. The molecule has 1 aromatic heterocycles. The Hall–Kier alpha value is -0.900. The van der Waals surface area contributed by atoms with Crippen LogP contribution < -0.4 is 5.32 Å². The Labute approximate surface area is 122 Å². The van der Waals surface area contributed by atoms with E-state index >= 15 is 0 Å². The zero-order valence-corrected chi connectivity index (χ0v) is 13.4. The molecular weight excluding hydrogens is 250 g/mol. The minimum atomic E-state index is 0.426. The number of aromatic nitrogens is 2. The van der Waals surface area contributed by atoms with Crippen molar-refractivity contribution in [3.05, 3.63) is 11.7 Å². The van der Waals surface area contributed by atoms with Gasteiger partial charge in [-0.05, 0) is 38.1 Å². The quantitative estimate of drug-likeness (QED) is 0.865. The van der Waals surface area contributed by atoms with E-state index in [4.69, 9.17) is 4.52 Å². The first-order valence-electron chi connectivity index (χ1n) is 8.08. The third-order valence-electron chi connectivity index (χ3n) is 4.45. The van der Waals surface area contributed by atoms with Crippen LogP contribution in [0.15, 0.2) is 4.52 Å². The summed E-state index contributed by atoms with van der Waals surface area (Å²) in [7, 11) is 2.01. The summed E-state index contributed by atoms with van der Waals surface area (Å²) >= 11 is 0. The van der Waals surface area contributed by atoms with Crippen LogP contribution in [0.4, 0.5) is 0 Å². The highest BCUT2D eigenvalue weighted by molar-refractivity contribution is 4.98. The fourth-order valence-corrected chi connectivity index (χ4v) is 3.12. The van der Waals surface area contributed by atoms with Gasteiger partial charge in [0, 0.05) is 18.4 Å². The number of rotatable bonds is 6. The molecule has 0 radical (unpaired) electrons. The average Bonchev–Trinajstić information content (AvgIpc) is 2.87. The lowest BCUT2D eigenvalue weighted by molar-refractivity contribution is 0.318. The third-order valence-corrected chi connectivity index (χ3v) is 4.45. The van der Waals surface area contributed by atoms with E-state index < -0.39 is 0 Å². The Morgan fingerprint density at radius 1 is 1.25 bits per heavy atom. The van der Waals surface area contributed by atoms with Crippen molar-refractivity contribution >= 4 is 0 Å². The molecule has 4 nitrogen and oxygen atoms in total. The van der Waals surface area contributed by atoms with Gasteiger partial charge < -0.3 is 9.84 Å². The molecule has 0 saturated heterocycles. The first-order chi connectivity index (χ1) is 9.58. The molecule has 20 heavy (non-hydrogen) atoms. The van der Waals surface area contributed by atoms with Crippen molar-refractivity contribution in [2.75, 3.05) is 7.05 Å². The second-order valence-corrected chi connectivity index (χ2v) is 6.82. The van der Waals surface area contributed by atoms with Crippen molar-refractivity contribution in [1.29, 1.82) is 0 Å². The fraction of sp³-hybridized carbons (Fsp3) is 0.875. The maximum absolute atomic E-state index is 5.46. The van der Waals surface area contributed by atoms with Crippen molar-refractivity contribution in [1.82, 2.24) is 15.5 Å². The molecule has 1 heterocycles. The molecule has 1 fully saturated rings. The predicted octanol–water partition coefficient (Wildman–Crippen LogP) is 3.54. The minimum Gasteiger partial charge on any atom is -0.339 e. The molecule has 0 bridgehead atoms. The first-order valence-corrected chi connectivity index (χ1v) is 8.08. The Morgan fingerprint density at radius 2 is 1.95 bits per heavy atom. The highest BCUT2D eigenvalue weighted by Crippen LogP contribution is 2.34. The lowest BCUT2D eigenvalue weighted by Gasteiger charge is -2.23. The predicted molar refractivity (Wildman–Crippen MR) is 80.7 cm³/mol. The molecule has 0 aliphatic heterocycles. The van der Waals surface area contributed by atoms with Gasteiger partial charge in [0.2, 0.25) is 5.89 Å². The highest BCUT2D eigenvalue weighted by atomic mass is 16.5. The van der Waals surface area contributed by atoms with Crippen LogP contribution in [0.5, 0.6) is 0 Å². The van der Waals surface area contributed by atoms with Crippen LogP contribution in [0, 0.1) is 11.8 Å². The molecule has 1 N–H and O–H groups in total. The minimum absolute atomic E-state index is 0.426. The average molecular weight is 279 g/mol. The van der Waals surface area contributed by atoms with Gasteiger partial charge >= 0.3 is 0 Å². The van der Waals surface area contributed by atoms with Gasteiger partial charge in [0.25, 0.3) is 0 Å². The fourth-order valence-electron chi connectivity index (χ4n) is 3.12. The third kappa shape index (κ3) is 4.30. The topological polar surface area (TPSA) is 51.0 Å². The van der Waals surface area contributed by atoms with E-state index in [2.05, 4.69) is 36.2 Å². The molecule has 0 aromatic carbocycles. The SMILES string of the molecule is CNC(Cc1nc(C2CCC(C)CC2)no1)CC(C)C. The molecule has 1 atom stereocenters. The van der Waals surface area contributed by atoms with Crippen molar-refractivity contribution in [2.24, 2.45) is 11.8 Å². The van der Waals surface area contributed by atoms with Crippen molar-refractivity contribution in [3.8, 4) is 0 Å². The van der Waals surface area contributed by atoms with Crippen LogP contribution in [0.25, 0.3) is 0 Å². The van der Waals surface area contributed by atoms with Gasteiger partial charge in [-0.1, -0.05) is 38.8 Å². The summed E-state index contributed by atoms with van der Waals surface area (Å²) in [6.07, 6.45) is 6.98. The number of hydrogen-bond donors (Lipinski definition) is 1. The van der Waals surface area contributed by atoms with Gasteiger partial charge in [-0.25, -0.2) is 0 Å². The van der Waals surface area contributed by atoms with Crippen LogP contribution in [0.2, 0.25) is 0 Å². The maximum Gasteiger partial charge on any atom is 0.228 e. The lowest BCUT2D eigenvalue weighted by atomic mass is 9.83. The Balaban J connectivity index is 1.91. The summed E-state index contributed by atoms with van der Waals surface area (Å²) < 4.78 is 5.46. The Bertz CT molecular complexity index is 394. The van der Waals surface area contributed by atoms with E-state index in [1.54, 1.807) is 0 Å². The van der Waals surface area contributed by atoms with Crippen LogP contribution in [-0.2, 0) is 6.42 Å². The van der Waals surface area contributed by atoms with E-state index in [9.17, 15) is 0 Å². The molecule has 1 aromatic rings. The molecule has 1 unspecified atom stereocenters. The molecule has 0 amide bonds. The largest absolute Gasteiger partial charge is 0.339 e. The van der Waals surface area contributed by atoms with E-state index in [-0.39, 0.29) is 0 Å². The normalized spacial score (nSPS) is 25.1. The second kappa shape index (κ2) is 7.21. The van der Waals surface area contributed by atoms with Crippen LogP contribution in [-0.4, -0.2) is 23.2 Å². The lowest BCUT2D eigenvalue weighted by Crippen LogP contribution is -2.29. The van der Waals surface area contributed by atoms with Gasteiger partial charge in [-0.2, -0.15) is 4.98 Å². The smallest absolute Gasteiger partial charge is 0.228 e. The maximum atomic E-state index is 5.46. The monoisotopic (exact) mass is 279 g/mol. The zero-order chi connectivity index (χ0) is 14.5. The number of likely N-dealkylation sites (N-methyl/N-ethyl adjacent to an activating group) is 1. The highest BCUT2D eigenvalue weighted by Gasteiger charge is 2.24. The Morgan fingerprint density at radius 3 is 2.55 bits per heavy atom. The number of hydrogen-bond acceptors (Lipinski definition) is 4. The van der Waals surface area contributed by atoms with Gasteiger partial charge in [0.05, 0.1) is 0 Å². The molecule has 1 aliphatic rings. The van der Waals surface area contributed by atoms with Crippen LogP contribution >= 0.6 is 0 Å². The standard InChI is InChI=1S/C16H29N3O/c1-11(2)9-14(17-4)10-15-18-16(19-20-15)13-7-5-12(3)6-8-13/h11-14,17H,5-10H2,1-4H3. The second-order valence-electron chi connectivity index (χ2n) is 6.82. The van der Waals surface area contributed by atoms with Gasteiger partial charge in [-0.15, -0.1) is 0 Å². The summed E-state index contributed by atoms with van der Waals surface area (Å²) in [5.41, 5.74) is 0. The van der Waals surface area contributed by atoms with Gasteiger partial charge in [0.1, 0.15) is 0 Å². The van der Waals surface area contributed by atoms with Crippen LogP contribution in [0.1, 0.15) is 70.5 Å². The summed E-state index contributed by atoms with van der Waals surface area (Å²) in [4.78, 5) is 4.64. The van der Waals surface area contributed by atoms with Crippen molar-refractivity contribution in [3.63, 3.8) is 0 Å². The zero-order valence-electron chi connectivity index (χ0n) is 13.4. The summed E-state index contributed by atoms with van der Waals surface area (Å²) in [6, 6.07) is 0.426. The summed E-state index contributed by atoms with van der Waals surface area (Å²) in [5.74, 6) is 3.78. The van der Waals surface area contributed by atoms with Gasteiger partial charge in [0.15, 0.2) is 5.82 Å².